The van der Waals surface area contributed by atoms with Crippen LogP contribution in [0.2, 0.25) is 5.02 Å². The molecule has 2 amide bonds. The molecule has 1 saturated heterocycles. The molecule has 1 aliphatic heterocycles. The molecule has 1 atom stereocenters. The van der Waals surface area contributed by atoms with Gasteiger partial charge in [0.1, 0.15) is 5.75 Å². The molecule has 0 radical (unpaired) electrons. The molecule has 3 N–H and O–H groups in total. The molecule has 1 aromatic rings. The van der Waals surface area contributed by atoms with E-state index in [9.17, 15) is 14.7 Å². The van der Waals surface area contributed by atoms with Gasteiger partial charge in [0.05, 0.1) is 11.6 Å². The summed E-state index contributed by atoms with van der Waals surface area (Å²) in [6.45, 7) is 0.198. The Hall–Kier alpha value is -1.75. The van der Waals surface area contributed by atoms with Gasteiger partial charge in [0.2, 0.25) is 11.8 Å². The second-order valence-corrected chi connectivity index (χ2v) is 4.38. The maximum absolute atomic E-state index is 11.7. The first-order valence-electron chi connectivity index (χ1n) is 5.07. The molecule has 0 saturated carbocycles. The Bertz CT molecular complexity index is 490. The van der Waals surface area contributed by atoms with Crippen LogP contribution in [0.4, 0.5) is 5.69 Å². The summed E-state index contributed by atoms with van der Waals surface area (Å²) in [6.07, 6.45) is 0.0808. The number of rotatable bonds is 2. The summed E-state index contributed by atoms with van der Waals surface area (Å²) < 4.78 is 0. The van der Waals surface area contributed by atoms with E-state index in [0.717, 1.165) is 0 Å². The lowest BCUT2D eigenvalue weighted by atomic mass is 10.1. The minimum absolute atomic E-state index is 0.0808. The summed E-state index contributed by atoms with van der Waals surface area (Å²) in [4.78, 5) is 24.1. The van der Waals surface area contributed by atoms with Crippen LogP contribution in [0.1, 0.15) is 6.42 Å². The summed E-state index contributed by atoms with van der Waals surface area (Å²) in [7, 11) is 0. The molecule has 1 unspecified atom stereocenters. The van der Waals surface area contributed by atoms with Crippen molar-refractivity contribution in [3.8, 4) is 5.75 Å². The van der Waals surface area contributed by atoms with E-state index in [1.165, 1.54) is 11.0 Å². The highest BCUT2D eigenvalue weighted by Gasteiger charge is 2.34. The number of nitrogens with two attached hydrogens (primary N) is 1. The highest BCUT2D eigenvalue weighted by molar-refractivity contribution is 6.30. The summed E-state index contributed by atoms with van der Waals surface area (Å²) >= 11 is 5.70. The van der Waals surface area contributed by atoms with Gasteiger partial charge in [0.15, 0.2) is 0 Å². The number of nitrogens with zero attached hydrogens (tertiary/aromatic N) is 1. The number of benzene rings is 1. The molecule has 1 aromatic carbocycles. The minimum atomic E-state index is -0.505. The predicted octanol–water partition coefficient (Wildman–Crippen LogP) is 0.884. The third-order valence-electron chi connectivity index (χ3n) is 2.76. The van der Waals surface area contributed by atoms with Crippen LogP contribution in [0.25, 0.3) is 0 Å². The Kier molecular flexibility index (Phi) is 2.93. The zero-order valence-corrected chi connectivity index (χ0v) is 9.65. The number of anilines is 1. The van der Waals surface area contributed by atoms with E-state index in [1.807, 2.05) is 0 Å². The van der Waals surface area contributed by atoms with Crippen molar-refractivity contribution in [1.82, 2.24) is 0 Å². The highest BCUT2D eigenvalue weighted by Crippen LogP contribution is 2.34. The fourth-order valence-corrected chi connectivity index (χ4v) is 2.02. The summed E-state index contributed by atoms with van der Waals surface area (Å²) in [5.74, 6) is -1.32. The number of amides is 2. The third kappa shape index (κ3) is 2.19. The number of halogens is 1. The Morgan fingerprint density at radius 2 is 2.24 bits per heavy atom. The summed E-state index contributed by atoms with van der Waals surface area (Å²) in [5.41, 5.74) is 5.51. The second kappa shape index (κ2) is 4.25. The van der Waals surface area contributed by atoms with Crippen LogP contribution >= 0.6 is 11.6 Å². The molecule has 90 valence electrons. The maximum Gasteiger partial charge on any atom is 0.227 e. The molecule has 1 heterocycles. The van der Waals surface area contributed by atoms with E-state index in [1.54, 1.807) is 12.1 Å². The monoisotopic (exact) mass is 254 g/mol. The van der Waals surface area contributed by atoms with Gasteiger partial charge in [-0.3, -0.25) is 9.59 Å². The van der Waals surface area contributed by atoms with Crippen LogP contribution in [0.3, 0.4) is 0 Å². The molecule has 1 fully saturated rings. The van der Waals surface area contributed by atoms with Gasteiger partial charge in [-0.05, 0) is 12.1 Å². The van der Waals surface area contributed by atoms with Gasteiger partial charge in [-0.25, -0.2) is 0 Å². The van der Waals surface area contributed by atoms with E-state index in [0.29, 0.717) is 10.7 Å². The number of phenolic OH excluding ortho intramolecular Hbond substituents is 1. The third-order valence-corrected chi connectivity index (χ3v) is 2.99. The Morgan fingerprint density at radius 3 is 2.76 bits per heavy atom. The summed E-state index contributed by atoms with van der Waals surface area (Å²) in [6, 6.07) is 4.46. The topological polar surface area (TPSA) is 83.6 Å². The van der Waals surface area contributed by atoms with Crippen molar-refractivity contribution in [2.45, 2.75) is 6.42 Å². The first-order chi connectivity index (χ1) is 7.99. The number of aromatic hydroxyl groups is 1. The van der Waals surface area contributed by atoms with Gasteiger partial charge < -0.3 is 15.7 Å². The first-order valence-corrected chi connectivity index (χ1v) is 5.45. The lowest BCUT2D eigenvalue weighted by Crippen LogP contribution is -2.28. The maximum atomic E-state index is 11.7. The van der Waals surface area contributed by atoms with Crippen LogP contribution in [0.15, 0.2) is 18.2 Å². The lowest BCUT2D eigenvalue weighted by Gasteiger charge is -2.17. The van der Waals surface area contributed by atoms with Crippen molar-refractivity contribution in [1.29, 1.82) is 0 Å². The lowest BCUT2D eigenvalue weighted by molar-refractivity contribution is -0.123. The van der Waals surface area contributed by atoms with Crippen molar-refractivity contribution >= 4 is 29.1 Å². The van der Waals surface area contributed by atoms with Crippen LogP contribution in [0, 0.1) is 5.92 Å². The van der Waals surface area contributed by atoms with Gasteiger partial charge in [0, 0.05) is 24.1 Å². The quantitative estimate of drug-likeness (QED) is 0.822. The SMILES string of the molecule is NC(=O)C1CC(=O)N(c2ccc(Cl)cc2O)C1. The molecule has 1 aliphatic rings. The number of carbonyl (C=O) groups excluding carboxylic acids is 2. The van der Waals surface area contributed by atoms with E-state index >= 15 is 0 Å². The van der Waals surface area contributed by atoms with Crippen LogP contribution in [0.5, 0.6) is 5.75 Å². The van der Waals surface area contributed by atoms with Gasteiger partial charge in [-0.2, -0.15) is 0 Å². The fourth-order valence-electron chi connectivity index (χ4n) is 1.86. The molecule has 5 nitrogen and oxygen atoms in total. The number of hydrogen-bond acceptors (Lipinski definition) is 3. The van der Waals surface area contributed by atoms with Gasteiger partial charge in [-0.1, -0.05) is 11.6 Å². The molecule has 0 aliphatic carbocycles. The van der Waals surface area contributed by atoms with Gasteiger partial charge in [0.25, 0.3) is 0 Å². The normalized spacial score (nSPS) is 19.7. The molecule has 6 heteroatoms. The van der Waals surface area contributed by atoms with Crippen molar-refractivity contribution in [3.63, 3.8) is 0 Å². The van der Waals surface area contributed by atoms with E-state index in [4.69, 9.17) is 17.3 Å². The molecule has 0 bridgehead atoms. The average molecular weight is 255 g/mol. The zero-order chi connectivity index (χ0) is 12.6. The minimum Gasteiger partial charge on any atom is -0.506 e. The number of phenols is 1. The van der Waals surface area contributed by atoms with Crippen molar-refractivity contribution in [2.75, 3.05) is 11.4 Å². The predicted molar refractivity (Wildman–Crippen MR) is 62.8 cm³/mol. The number of carbonyl (C=O) groups is 2. The second-order valence-electron chi connectivity index (χ2n) is 3.94. The largest absolute Gasteiger partial charge is 0.506 e. The highest BCUT2D eigenvalue weighted by atomic mass is 35.5. The molecule has 0 aromatic heterocycles. The van der Waals surface area contributed by atoms with Crippen molar-refractivity contribution in [2.24, 2.45) is 11.7 Å². The van der Waals surface area contributed by atoms with Gasteiger partial charge >= 0.3 is 0 Å². The standard InChI is InChI=1S/C11H11ClN2O3/c12-7-1-2-8(9(15)4-7)14-5-6(11(13)17)3-10(14)16/h1-2,4,6,15H,3,5H2,(H2,13,17). The Balaban J connectivity index is 2.29. The van der Waals surface area contributed by atoms with Crippen molar-refractivity contribution in [3.05, 3.63) is 23.2 Å². The van der Waals surface area contributed by atoms with Crippen LogP contribution in [-0.2, 0) is 9.59 Å². The Morgan fingerprint density at radius 1 is 1.53 bits per heavy atom. The molecule has 0 spiro atoms. The van der Waals surface area contributed by atoms with Crippen LogP contribution in [-0.4, -0.2) is 23.5 Å². The number of hydrogen-bond donors (Lipinski definition) is 2. The molecule has 2 rings (SSSR count). The molecular formula is C11H11ClN2O3. The van der Waals surface area contributed by atoms with Crippen molar-refractivity contribution < 1.29 is 14.7 Å². The molecular weight excluding hydrogens is 244 g/mol. The van der Waals surface area contributed by atoms with E-state index in [-0.39, 0.29) is 24.6 Å². The molecule has 17 heavy (non-hydrogen) atoms. The van der Waals surface area contributed by atoms with Crippen LogP contribution < -0.4 is 10.6 Å². The fraction of sp³-hybridized carbons (Fsp3) is 0.273. The summed E-state index contributed by atoms with van der Waals surface area (Å²) in [5, 5.41) is 10.1. The van der Waals surface area contributed by atoms with E-state index in [2.05, 4.69) is 0 Å². The van der Waals surface area contributed by atoms with Gasteiger partial charge in [-0.15, -0.1) is 0 Å². The first kappa shape index (κ1) is 11.7. The smallest absolute Gasteiger partial charge is 0.227 e. The number of primary amides is 1. The average Bonchev–Trinajstić information content (AvgIpc) is 2.61. The Labute approximate surface area is 103 Å². The van der Waals surface area contributed by atoms with E-state index < -0.39 is 11.8 Å². The zero-order valence-electron chi connectivity index (χ0n) is 8.89.